The highest BCUT2D eigenvalue weighted by atomic mass is 16.5. The topological polar surface area (TPSA) is 67.0 Å². The summed E-state index contributed by atoms with van der Waals surface area (Å²) in [5, 5.41) is 2.93. The second-order valence-electron chi connectivity index (χ2n) is 6.02. The second kappa shape index (κ2) is 6.35. The van der Waals surface area contributed by atoms with Crippen LogP contribution in [-0.2, 0) is 24.2 Å². The predicted octanol–water partition coefficient (Wildman–Crippen LogP) is 2.75. The molecule has 0 bridgehead atoms. The van der Waals surface area contributed by atoms with Gasteiger partial charge in [0.05, 0.1) is 24.2 Å². The van der Waals surface area contributed by atoms with E-state index in [1.807, 2.05) is 36.4 Å². The van der Waals surface area contributed by atoms with E-state index in [9.17, 15) is 4.79 Å². The number of carbonyl (C=O) groups excluding carboxylic acids is 1. The Morgan fingerprint density at radius 2 is 2.17 bits per heavy atom. The van der Waals surface area contributed by atoms with Crippen molar-refractivity contribution in [3.8, 4) is 5.75 Å². The molecule has 1 amide bonds. The van der Waals surface area contributed by atoms with Crippen LogP contribution in [0, 0.1) is 0 Å². The lowest BCUT2D eigenvalue weighted by molar-refractivity contribution is -0.121. The molecule has 2 heterocycles. The maximum atomic E-state index is 12.1. The molecule has 122 valence electrons. The number of carbonyl (C=O) groups is 1. The van der Waals surface area contributed by atoms with Crippen LogP contribution in [0.5, 0.6) is 5.75 Å². The van der Waals surface area contributed by atoms with Gasteiger partial charge in [-0.25, -0.2) is 4.98 Å². The average molecular weight is 321 g/mol. The van der Waals surface area contributed by atoms with Gasteiger partial charge in [0.1, 0.15) is 11.6 Å². The van der Waals surface area contributed by atoms with E-state index in [1.54, 1.807) is 0 Å². The maximum Gasteiger partial charge on any atom is 0.220 e. The molecule has 1 aliphatic rings. The van der Waals surface area contributed by atoms with Crippen LogP contribution in [0.25, 0.3) is 11.0 Å². The number of nitrogens with zero attached hydrogens (tertiary/aromatic N) is 1. The summed E-state index contributed by atoms with van der Waals surface area (Å²) in [6.45, 7) is 1.18. The Morgan fingerprint density at radius 1 is 1.25 bits per heavy atom. The smallest absolute Gasteiger partial charge is 0.220 e. The van der Waals surface area contributed by atoms with Crippen molar-refractivity contribution in [2.75, 3.05) is 6.61 Å². The van der Waals surface area contributed by atoms with Crippen LogP contribution in [0.15, 0.2) is 42.5 Å². The van der Waals surface area contributed by atoms with E-state index < -0.39 is 0 Å². The number of H-pyrrole nitrogens is 1. The standard InChI is InChI=1S/C19H19N3O2/c23-19(8-6-13-5-7-17-14(11-13)9-10-24-17)20-12-18-21-15-3-1-2-4-16(15)22-18/h1-5,7,11H,6,8-10,12H2,(H,20,23)(H,21,22). The molecule has 2 N–H and O–H groups in total. The summed E-state index contributed by atoms with van der Waals surface area (Å²) in [5.41, 5.74) is 4.33. The third kappa shape index (κ3) is 3.11. The number of ether oxygens (including phenoxy) is 1. The molecule has 0 fully saturated rings. The first-order valence-electron chi connectivity index (χ1n) is 8.23. The summed E-state index contributed by atoms with van der Waals surface area (Å²) in [4.78, 5) is 19.7. The number of hydrogen-bond acceptors (Lipinski definition) is 3. The first kappa shape index (κ1) is 14.8. The molecule has 1 aliphatic heterocycles. The van der Waals surface area contributed by atoms with E-state index in [0.717, 1.165) is 42.1 Å². The number of aromatic nitrogens is 2. The summed E-state index contributed by atoms with van der Waals surface area (Å²) in [5.74, 6) is 1.79. The number of hydrogen-bond donors (Lipinski definition) is 2. The molecular weight excluding hydrogens is 302 g/mol. The molecule has 5 nitrogen and oxygen atoms in total. The molecule has 0 radical (unpaired) electrons. The molecule has 3 aromatic rings. The van der Waals surface area contributed by atoms with Crippen LogP contribution in [0.2, 0.25) is 0 Å². The largest absolute Gasteiger partial charge is 0.493 e. The van der Waals surface area contributed by atoms with E-state index in [2.05, 4.69) is 21.4 Å². The summed E-state index contributed by atoms with van der Waals surface area (Å²) < 4.78 is 5.50. The number of nitrogens with one attached hydrogen (secondary N) is 2. The van der Waals surface area contributed by atoms with Gasteiger partial charge in [0, 0.05) is 12.8 Å². The van der Waals surface area contributed by atoms with Gasteiger partial charge in [-0.3, -0.25) is 4.79 Å². The Labute approximate surface area is 140 Å². The van der Waals surface area contributed by atoms with Crippen molar-refractivity contribution in [3.05, 3.63) is 59.4 Å². The van der Waals surface area contributed by atoms with Crippen molar-refractivity contribution in [1.82, 2.24) is 15.3 Å². The summed E-state index contributed by atoms with van der Waals surface area (Å²) in [6.07, 6.45) is 2.17. The Balaban J connectivity index is 1.30. The number of imidazole rings is 1. The molecular formula is C19H19N3O2. The highest BCUT2D eigenvalue weighted by Gasteiger charge is 2.12. The zero-order valence-corrected chi connectivity index (χ0v) is 13.3. The Bertz CT molecular complexity index is 852. The van der Waals surface area contributed by atoms with Crippen molar-refractivity contribution in [3.63, 3.8) is 0 Å². The van der Waals surface area contributed by atoms with Crippen LogP contribution in [-0.4, -0.2) is 22.5 Å². The lowest BCUT2D eigenvalue weighted by Crippen LogP contribution is -2.23. The first-order chi connectivity index (χ1) is 11.8. The fraction of sp³-hybridized carbons (Fsp3) is 0.263. The summed E-state index contributed by atoms with van der Waals surface area (Å²) in [7, 11) is 0. The van der Waals surface area contributed by atoms with E-state index in [4.69, 9.17) is 4.74 Å². The van der Waals surface area contributed by atoms with E-state index in [0.29, 0.717) is 13.0 Å². The number of aromatic amines is 1. The van der Waals surface area contributed by atoms with Gasteiger partial charge in [-0.15, -0.1) is 0 Å². The minimum atomic E-state index is 0.0344. The lowest BCUT2D eigenvalue weighted by atomic mass is 10.0. The third-order valence-electron chi connectivity index (χ3n) is 4.29. The van der Waals surface area contributed by atoms with Crippen LogP contribution in [0.3, 0.4) is 0 Å². The Hall–Kier alpha value is -2.82. The molecule has 0 saturated heterocycles. The van der Waals surface area contributed by atoms with Crippen molar-refractivity contribution in [2.24, 2.45) is 0 Å². The van der Waals surface area contributed by atoms with Crippen LogP contribution < -0.4 is 10.1 Å². The fourth-order valence-electron chi connectivity index (χ4n) is 3.01. The van der Waals surface area contributed by atoms with Gasteiger partial charge >= 0.3 is 0 Å². The number of aryl methyl sites for hydroxylation is 1. The third-order valence-corrected chi connectivity index (χ3v) is 4.29. The van der Waals surface area contributed by atoms with Crippen LogP contribution in [0.1, 0.15) is 23.4 Å². The van der Waals surface area contributed by atoms with Crippen molar-refractivity contribution in [1.29, 1.82) is 0 Å². The lowest BCUT2D eigenvalue weighted by Gasteiger charge is -2.05. The Kier molecular flexibility index (Phi) is 3.91. The van der Waals surface area contributed by atoms with E-state index in [1.165, 1.54) is 11.1 Å². The number of amides is 1. The van der Waals surface area contributed by atoms with Gasteiger partial charge in [0.2, 0.25) is 5.91 Å². The number of rotatable bonds is 5. The van der Waals surface area contributed by atoms with Gasteiger partial charge in [-0.05, 0) is 35.7 Å². The molecule has 0 saturated carbocycles. The van der Waals surface area contributed by atoms with Gasteiger partial charge in [0.25, 0.3) is 0 Å². The normalized spacial score (nSPS) is 12.8. The number of para-hydroxylation sites is 2. The van der Waals surface area contributed by atoms with Crippen molar-refractivity contribution >= 4 is 16.9 Å². The predicted molar refractivity (Wildman–Crippen MR) is 91.9 cm³/mol. The molecule has 1 aromatic heterocycles. The molecule has 5 heteroatoms. The van der Waals surface area contributed by atoms with Gasteiger partial charge in [0.15, 0.2) is 0 Å². The maximum absolute atomic E-state index is 12.1. The zero-order chi connectivity index (χ0) is 16.4. The molecule has 0 atom stereocenters. The minimum Gasteiger partial charge on any atom is -0.493 e. The van der Waals surface area contributed by atoms with Crippen molar-refractivity contribution in [2.45, 2.75) is 25.8 Å². The summed E-state index contributed by atoms with van der Waals surface area (Å²) in [6, 6.07) is 14.0. The zero-order valence-electron chi connectivity index (χ0n) is 13.3. The van der Waals surface area contributed by atoms with Gasteiger partial charge in [-0.2, -0.15) is 0 Å². The van der Waals surface area contributed by atoms with Crippen LogP contribution in [0.4, 0.5) is 0 Å². The van der Waals surface area contributed by atoms with E-state index >= 15 is 0 Å². The quantitative estimate of drug-likeness (QED) is 0.759. The van der Waals surface area contributed by atoms with Gasteiger partial charge < -0.3 is 15.0 Å². The highest BCUT2D eigenvalue weighted by Crippen LogP contribution is 2.26. The fourth-order valence-corrected chi connectivity index (χ4v) is 3.01. The number of fused-ring (bicyclic) bond motifs is 2. The molecule has 4 rings (SSSR count). The van der Waals surface area contributed by atoms with Crippen LogP contribution >= 0.6 is 0 Å². The number of benzene rings is 2. The Morgan fingerprint density at radius 3 is 3.08 bits per heavy atom. The highest BCUT2D eigenvalue weighted by molar-refractivity contribution is 5.77. The molecule has 24 heavy (non-hydrogen) atoms. The summed E-state index contributed by atoms with van der Waals surface area (Å²) >= 11 is 0. The van der Waals surface area contributed by atoms with E-state index in [-0.39, 0.29) is 5.91 Å². The van der Waals surface area contributed by atoms with Crippen molar-refractivity contribution < 1.29 is 9.53 Å². The second-order valence-corrected chi connectivity index (χ2v) is 6.02. The minimum absolute atomic E-state index is 0.0344. The monoisotopic (exact) mass is 321 g/mol. The molecule has 2 aromatic carbocycles. The molecule has 0 spiro atoms. The van der Waals surface area contributed by atoms with Gasteiger partial charge in [-0.1, -0.05) is 24.3 Å². The average Bonchev–Trinajstić information content (AvgIpc) is 3.23. The first-order valence-corrected chi connectivity index (χ1v) is 8.23. The SMILES string of the molecule is O=C(CCc1ccc2c(c1)CCO2)NCc1nc2ccccc2[nH]1. The molecule has 0 aliphatic carbocycles. The molecule has 0 unspecified atom stereocenters.